The van der Waals surface area contributed by atoms with Crippen LogP contribution in [0, 0.1) is 0 Å². The Balaban J connectivity index is 1.99. The van der Waals surface area contributed by atoms with Crippen LogP contribution in [0.25, 0.3) is 0 Å². The number of aromatic nitrogens is 2. The monoisotopic (exact) mass is 231 g/mol. The highest BCUT2D eigenvalue weighted by Gasteiger charge is 1.99. The Kier molecular flexibility index (Phi) is 3.40. The number of nitrogen functional groups attached to an aromatic ring is 1. The van der Waals surface area contributed by atoms with E-state index >= 15 is 0 Å². The summed E-state index contributed by atoms with van der Waals surface area (Å²) in [6.45, 7) is 0.390. The Hall–Kier alpha value is -2.30. The highest BCUT2D eigenvalue weighted by atomic mass is 16.5. The van der Waals surface area contributed by atoms with E-state index < -0.39 is 0 Å². The maximum absolute atomic E-state index is 5.47. The molecule has 0 saturated heterocycles. The molecule has 0 spiro atoms. The molecule has 0 aliphatic carbocycles. The lowest BCUT2D eigenvalue weighted by atomic mass is 10.2. The van der Waals surface area contributed by atoms with Crippen molar-refractivity contribution in [3.63, 3.8) is 0 Å². The minimum atomic E-state index is 0.307. The first-order valence-electron chi connectivity index (χ1n) is 5.11. The van der Waals surface area contributed by atoms with Crippen molar-refractivity contribution < 1.29 is 9.47 Å². The normalized spacial score (nSPS) is 9.94. The SMILES string of the molecule is COc1cccc(COc2ncc(N)cn2)c1. The van der Waals surface area contributed by atoms with Crippen molar-refractivity contribution in [1.82, 2.24) is 9.97 Å². The summed E-state index contributed by atoms with van der Waals surface area (Å²) in [5.74, 6) is 0.796. The lowest BCUT2D eigenvalue weighted by Gasteiger charge is -2.05. The zero-order valence-corrected chi connectivity index (χ0v) is 9.46. The fourth-order valence-corrected chi connectivity index (χ4v) is 1.31. The van der Waals surface area contributed by atoms with Crippen molar-refractivity contribution in [2.24, 2.45) is 0 Å². The van der Waals surface area contributed by atoms with Crippen LogP contribution in [0.1, 0.15) is 5.56 Å². The molecule has 2 N–H and O–H groups in total. The summed E-state index contributed by atoms with van der Waals surface area (Å²) >= 11 is 0. The molecule has 0 aliphatic rings. The quantitative estimate of drug-likeness (QED) is 0.866. The van der Waals surface area contributed by atoms with Gasteiger partial charge in [-0.15, -0.1) is 0 Å². The minimum absolute atomic E-state index is 0.307. The molecular weight excluding hydrogens is 218 g/mol. The Labute approximate surface area is 99.2 Å². The van der Waals surface area contributed by atoms with Crippen molar-refractivity contribution in [3.8, 4) is 11.8 Å². The van der Waals surface area contributed by atoms with Gasteiger partial charge in [-0.2, -0.15) is 0 Å². The van der Waals surface area contributed by atoms with Crippen LogP contribution < -0.4 is 15.2 Å². The average molecular weight is 231 g/mol. The van der Waals surface area contributed by atoms with Gasteiger partial charge >= 0.3 is 6.01 Å². The van der Waals surface area contributed by atoms with Crippen LogP contribution >= 0.6 is 0 Å². The molecule has 0 aliphatic heterocycles. The first-order chi connectivity index (χ1) is 8.28. The van der Waals surface area contributed by atoms with Crippen LogP contribution in [0.3, 0.4) is 0 Å². The highest BCUT2D eigenvalue weighted by molar-refractivity contribution is 5.31. The molecule has 2 aromatic rings. The summed E-state index contributed by atoms with van der Waals surface area (Å²) in [6, 6.07) is 7.93. The summed E-state index contributed by atoms with van der Waals surface area (Å²) < 4.78 is 10.5. The van der Waals surface area contributed by atoms with Crippen LogP contribution in [0.5, 0.6) is 11.8 Å². The topological polar surface area (TPSA) is 70.3 Å². The fourth-order valence-electron chi connectivity index (χ4n) is 1.31. The molecule has 0 radical (unpaired) electrons. The summed E-state index contributed by atoms with van der Waals surface area (Å²) in [5, 5.41) is 0. The number of rotatable bonds is 4. The number of methoxy groups -OCH3 is 1. The van der Waals surface area contributed by atoms with E-state index in [0.717, 1.165) is 11.3 Å². The van der Waals surface area contributed by atoms with Gasteiger partial charge in [0.2, 0.25) is 0 Å². The molecule has 0 fully saturated rings. The highest BCUT2D eigenvalue weighted by Crippen LogP contribution is 2.14. The number of nitrogens with two attached hydrogens (primary N) is 1. The summed E-state index contributed by atoms with van der Waals surface area (Å²) in [5.41, 5.74) is 6.98. The minimum Gasteiger partial charge on any atom is -0.497 e. The number of ether oxygens (including phenoxy) is 2. The molecule has 88 valence electrons. The molecule has 0 bridgehead atoms. The maximum Gasteiger partial charge on any atom is 0.316 e. The molecule has 0 amide bonds. The fraction of sp³-hybridized carbons (Fsp3) is 0.167. The van der Waals surface area contributed by atoms with Crippen LogP contribution in [0.15, 0.2) is 36.7 Å². The number of hydrogen-bond donors (Lipinski definition) is 1. The predicted octanol–water partition coefficient (Wildman–Crippen LogP) is 1.65. The molecular formula is C12H13N3O2. The van der Waals surface area contributed by atoms with Crippen molar-refractivity contribution in [1.29, 1.82) is 0 Å². The predicted molar refractivity (Wildman–Crippen MR) is 63.8 cm³/mol. The van der Waals surface area contributed by atoms with Gasteiger partial charge in [-0.05, 0) is 17.7 Å². The van der Waals surface area contributed by atoms with Gasteiger partial charge in [0.15, 0.2) is 0 Å². The number of benzene rings is 1. The molecule has 1 aromatic carbocycles. The van der Waals surface area contributed by atoms with Gasteiger partial charge < -0.3 is 15.2 Å². The molecule has 0 atom stereocenters. The van der Waals surface area contributed by atoms with E-state index in [1.54, 1.807) is 7.11 Å². The van der Waals surface area contributed by atoms with Gasteiger partial charge in [0.05, 0.1) is 25.2 Å². The molecule has 5 heteroatoms. The third-order valence-electron chi connectivity index (χ3n) is 2.15. The third-order valence-corrected chi connectivity index (χ3v) is 2.15. The molecule has 1 aromatic heterocycles. The molecule has 0 unspecified atom stereocenters. The van der Waals surface area contributed by atoms with E-state index in [0.29, 0.717) is 18.3 Å². The van der Waals surface area contributed by atoms with E-state index in [9.17, 15) is 0 Å². The van der Waals surface area contributed by atoms with Gasteiger partial charge in [0.25, 0.3) is 0 Å². The lowest BCUT2D eigenvalue weighted by molar-refractivity contribution is 0.280. The van der Waals surface area contributed by atoms with E-state index in [1.807, 2.05) is 24.3 Å². The van der Waals surface area contributed by atoms with E-state index in [2.05, 4.69) is 9.97 Å². The third kappa shape index (κ3) is 3.07. The Morgan fingerprint density at radius 3 is 2.71 bits per heavy atom. The molecule has 0 saturated carbocycles. The molecule has 1 heterocycles. The van der Waals surface area contributed by atoms with Crippen molar-refractivity contribution in [2.75, 3.05) is 12.8 Å². The smallest absolute Gasteiger partial charge is 0.316 e. The Morgan fingerprint density at radius 2 is 2.00 bits per heavy atom. The van der Waals surface area contributed by atoms with Gasteiger partial charge in [-0.1, -0.05) is 12.1 Å². The summed E-state index contributed by atoms with van der Waals surface area (Å²) in [6.07, 6.45) is 3.02. The molecule has 2 rings (SSSR count). The first kappa shape index (κ1) is 11.2. The van der Waals surface area contributed by atoms with Crippen molar-refractivity contribution in [3.05, 3.63) is 42.2 Å². The van der Waals surface area contributed by atoms with Gasteiger partial charge in [0.1, 0.15) is 12.4 Å². The van der Waals surface area contributed by atoms with E-state index in [1.165, 1.54) is 12.4 Å². The Morgan fingerprint density at radius 1 is 1.24 bits per heavy atom. The van der Waals surface area contributed by atoms with Crippen LogP contribution in [-0.2, 0) is 6.61 Å². The Bertz CT molecular complexity index is 485. The average Bonchev–Trinajstić information content (AvgIpc) is 2.38. The lowest BCUT2D eigenvalue weighted by Crippen LogP contribution is -2.00. The van der Waals surface area contributed by atoms with Crippen LogP contribution in [0.4, 0.5) is 5.69 Å². The second-order valence-electron chi connectivity index (χ2n) is 3.44. The van der Waals surface area contributed by atoms with Crippen LogP contribution in [-0.4, -0.2) is 17.1 Å². The van der Waals surface area contributed by atoms with Crippen LogP contribution in [0.2, 0.25) is 0 Å². The van der Waals surface area contributed by atoms with E-state index in [4.69, 9.17) is 15.2 Å². The van der Waals surface area contributed by atoms with Crippen molar-refractivity contribution >= 4 is 5.69 Å². The van der Waals surface area contributed by atoms with Gasteiger partial charge in [0, 0.05) is 0 Å². The summed E-state index contributed by atoms with van der Waals surface area (Å²) in [4.78, 5) is 7.89. The maximum atomic E-state index is 5.47. The zero-order valence-electron chi connectivity index (χ0n) is 9.46. The number of anilines is 1. The second kappa shape index (κ2) is 5.16. The van der Waals surface area contributed by atoms with Gasteiger partial charge in [-0.3, -0.25) is 0 Å². The molecule has 17 heavy (non-hydrogen) atoms. The standard InChI is InChI=1S/C12H13N3O2/c1-16-11-4-2-3-9(5-11)8-17-12-14-6-10(13)7-15-12/h2-7H,8,13H2,1H3. The summed E-state index contributed by atoms with van der Waals surface area (Å²) in [7, 11) is 1.63. The zero-order chi connectivity index (χ0) is 12.1. The van der Waals surface area contributed by atoms with Crippen molar-refractivity contribution in [2.45, 2.75) is 6.61 Å². The second-order valence-corrected chi connectivity index (χ2v) is 3.44. The number of nitrogens with zero attached hydrogens (tertiary/aromatic N) is 2. The molecule has 5 nitrogen and oxygen atoms in total. The first-order valence-corrected chi connectivity index (χ1v) is 5.11. The van der Waals surface area contributed by atoms with Gasteiger partial charge in [-0.25, -0.2) is 9.97 Å². The van der Waals surface area contributed by atoms with E-state index in [-0.39, 0.29) is 0 Å². The largest absolute Gasteiger partial charge is 0.497 e. The number of hydrogen-bond acceptors (Lipinski definition) is 5.